The van der Waals surface area contributed by atoms with E-state index in [1.807, 2.05) is 0 Å². The monoisotopic (exact) mass is 340 g/mol. The van der Waals surface area contributed by atoms with Crippen molar-refractivity contribution in [3.05, 3.63) is 35.9 Å². The summed E-state index contributed by atoms with van der Waals surface area (Å²) in [6, 6.07) is 7.44. The van der Waals surface area contributed by atoms with Crippen LogP contribution in [0.2, 0.25) is 0 Å². The molecular formula is C17H16N4O4. The van der Waals surface area contributed by atoms with E-state index < -0.39 is 11.7 Å². The van der Waals surface area contributed by atoms with Crippen molar-refractivity contribution in [2.75, 3.05) is 6.54 Å². The van der Waals surface area contributed by atoms with Gasteiger partial charge in [-0.05, 0) is 12.8 Å². The van der Waals surface area contributed by atoms with Gasteiger partial charge in [0.1, 0.15) is 6.04 Å². The van der Waals surface area contributed by atoms with Gasteiger partial charge in [0.25, 0.3) is 0 Å². The van der Waals surface area contributed by atoms with Crippen LogP contribution in [0.15, 0.2) is 50.3 Å². The van der Waals surface area contributed by atoms with Crippen molar-refractivity contribution in [2.45, 2.75) is 37.4 Å². The second-order valence-electron chi connectivity index (χ2n) is 5.06. The standard InChI is InChI=1S/C17H16N4O4/c22-11-18-10-6-2-5-9-16(19-12-23)17(20-13-24,21-14-25)15-7-3-1-4-8-15/h1,3-4,7-8,16H,2,5-6,9-10H2. The van der Waals surface area contributed by atoms with E-state index >= 15 is 0 Å². The zero-order chi connectivity index (χ0) is 18.4. The number of isocyanates is 4. The van der Waals surface area contributed by atoms with E-state index in [0.717, 1.165) is 0 Å². The number of carbonyl (C=O) groups excluding carboxylic acids is 4. The molecule has 8 heteroatoms. The molecule has 1 unspecified atom stereocenters. The van der Waals surface area contributed by atoms with Crippen molar-refractivity contribution in [3.8, 4) is 0 Å². The van der Waals surface area contributed by atoms with Crippen LogP contribution in [0.5, 0.6) is 0 Å². The molecule has 0 spiro atoms. The Labute approximate surface area is 144 Å². The minimum atomic E-state index is -1.71. The second kappa shape index (κ2) is 11.3. The van der Waals surface area contributed by atoms with Crippen molar-refractivity contribution in [1.82, 2.24) is 0 Å². The Hall–Kier alpha value is -3.26. The highest BCUT2D eigenvalue weighted by Crippen LogP contribution is 2.35. The summed E-state index contributed by atoms with van der Waals surface area (Å²) >= 11 is 0. The van der Waals surface area contributed by atoms with Crippen molar-refractivity contribution in [2.24, 2.45) is 20.0 Å². The van der Waals surface area contributed by atoms with E-state index in [0.29, 0.717) is 37.8 Å². The lowest BCUT2D eigenvalue weighted by Gasteiger charge is -2.28. The molecule has 1 atom stereocenters. The fraction of sp³-hybridized carbons (Fsp3) is 0.412. The first-order chi connectivity index (χ1) is 12.2. The van der Waals surface area contributed by atoms with Gasteiger partial charge in [0.05, 0.1) is 6.54 Å². The summed E-state index contributed by atoms with van der Waals surface area (Å²) in [6.07, 6.45) is 7.95. The second-order valence-corrected chi connectivity index (χ2v) is 5.06. The molecule has 8 nitrogen and oxygen atoms in total. The molecule has 0 heterocycles. The van der Waals surface area contributed by atoms with Gasteiger partial charge in [0.2, 0.25) is 30.0 Å². The summed E-state index contributed by atoms with van der Waals surface area (Å²) in [5.41, 5.74) is -1.29. The average molecular weight is 340 g/mol. The molecule has 1 aromatic rings. The Kier molecular flexibility index (Phi) is 8.95. The number of benzene rings is 1. The Morgan fingerprint density at radius 2 is 1.52 bits per heavy atom. The highest BCUT2D eigenvalue weighted by Gasteiger charge is 2.41. The summed E-state index contributed by atoms with van der Waals surface area (Å²) in [5.74, 6) is 0. The van der Waals surface area contributed by atoms with Crippen LogP contribution in [-0.2, 0) is 24.8 Å². The lowest BCUT2D eigenvalue weighted by atomic mass is 9.89. The Morgan fingerprint density at radius 1 is 0.840 bits per heavy atom. The van der Waals surface area contributed by atoms with Gasteiger partial charge in [-0.25, -0.2) is 24.2 Å². The van der Waals surface area contributed by atoms with Gasteiger partial charge < -0.3 is 0 Å². The Bertz CT molecular complexity index is 721. The molecule has 0 aliphatic heterocycles. The van der Waals surface area contributed by atoms with Crippen molar-refractivity contribution >= 4 is 24.3 Å². The fourth-order valence-corrected chi connectivity index (χ4v) is 2.49. The van der Waals surface area contributed by atoms with Crippen molar-refractivity contribution in [1.29, 1.82) is 0 Å². The highest BCUT2D eigenvalue weighted by molar-refractivity contribution is 5.45. The zero-order valence-electron chi connectivity index (χ0n) is 13.4. The van der Waals surface area contributed by atoms with Crippen molar-refractivity contribution < 1.29 is 19.2 Å². The third kappa shape index (κ3) is 5.70. The summed E-state index contributed by atoms with van der Waals surface area (Å²) in [6.45, 7) is 0.355. The van der Waals surface area contributed by atoms with Gasteiger partial charge >= 0.3 is 0 Å². The molecule has 0 aliphatic rings. The summed E-state index contributed by atoms with van der Waals surface area (Å²) in [5, 5.41) is 0. The normalized spacial score (nSPS) is 13.0. The lowest BCUT2D eigenvalue weighted by Crippen LogP contribution is -2.35. The summed E-state index contributed by atoms with van der Waals surface area (Å²) in [4.78, 5) is 57.3. The molecule has 0 N–H and O–H groups in total. The fourth-order valence-electron chi connectivity index (χ4n) is 2.49. The van der Waals surface area contributed by atoms with Gasteiger partial charge in [0, 0.05) is 5.56 Å². The third-order valence-electron chi connectivity index (χ3n) is 3.62. The van der Waals surface area contributed by atoms with Crippen LogP contribution < -0.4 is 0 Å². The van der Waals surface area contributed by atoms with E-state index in [2.05, 4.69) is 20.0 Å². The molecular weight excluding hydrogens is 324 g/mol. The third-order valence-corrected chi connectivity index (χ3v) is 3.62. The molecule has 0 radical (unpaired) electrons. The number of hydrogen-bond donors (Lipinski definition) is 0. The maximum atomic E-state index is 11.0. The lowest BCUT2D eigenvalue weighted by molar-refractivity contribution is 0.342. The van der Waals surface area contributed by atoms with Crippen LogP contribution >= 0.6 is 0 Å². The summed E-state index contributed by atoms with van der Waals surface area (Å²) in [7, 11) is 0. The topological polar surface area (TPSA) is 118 Å². The first-order valence-electron chi connectivity index (χ1n) is 7.59. The van der Waals surface area contributed by atoms with Crippen LogP contribution in [0, 0.1) is 0 Å². The van der Waals surface area contributed by atoms with Crippen LogP contribution in [0.25, 0.3) is 0 Å². The van der Waals surface area contributed by atoms with Gasteiger partial charge in [-0.15, -0.1) is 0 Å². The first kappa shape index (κ1) is 19.8. The molecule has 25 heavy (non-hydrogen) atoms. The Morgan fingerprint density at radius 3 is 2.08 bits per heavy atom. The Balaban J connectivity index is 3.13. The van der Waals surface area contributed by atoms with E-state index in [4.69, 9.17) is 0 Å². The van der Waals surface area contributed by atoms with Crippen molar-refractivity contribution in [3.63, 3.8) is 0 Å². The molecule has 0 aliphatic carbocycles. The zero-order valence-corrected chi connectivity index (χ0v) is 13.4. The predicted molar refractivity (Wildman–Crippen MR) is 87.7 cm³/mol. The number of aliphatic imine (C=N–C) groups is 4. The molecule has 0 saturated carbocycles. The molecule has 1 aromatic carbocycles. The van der Waals surface area contributed by atoms with E-state index in [1.165, 1.54) is 24.3 Å². The minimum absolute atomic E-state index is 0.311. The average Bonchev–Trinajstić information content (AvgIpc) is 2.64. The number of unbranched alkanes of at least 4 members (excludes halogenated alkanes) is 2. The van der Waals surface area contributed by atoms with Gasteiger partial charge in [0.15, 0.2) is 0 Å². The number of nitrogens with zero attached hydrogens (tertiary/aromatic N) is 4. The predicted octanol–water partition coefficient (Wildman–Crippen LogP) is 2.11. The SMILES string of the molecule is O=C=NCCCCCC(N=C=O)C(N=C=O)(N=C=O)c1ccccc1. The maximum absolute atomic E-state index is 11.0. The molecule has 1 rings (SSSR count). The van der Waals surface area contributed by atoms with Crippen LogP contribution in [0.3, 0.4) is 0 Å². The van der Waals surface area contributed by atoms with E-state index in [1.54, 1.807) is 30.3 Å². The molecule has 0 saturated heterocycles. The van der Waals surface area contributed by atoms with Gasteiger partial charge in [-0.3, -0.25) is 0 Å². The van der Waals surface area contributed by atoms with Crippen LogP contribution in [0.4, 0.5) is 0 Å². The number of rotatable bonds is 11. The summed E-state index contributed by atoms with van der Waals surface area (Å²) < 4.78 is 0. The highest BCUT2D eigenvalue weighted by atomic mass is 16.1. The smallest absolute Gasteiger partial charge is 0.211 e. The van der Waals surface area contributed by atoms with E-state index in [-0.39, 0.29) is 0 Å². The van der Waals surface area contributed by atoms with Crippen LogP contribution in [-0.4, -0.2) is 36.9 Å². The van der Waals surface area contributed by atoms with Crippen LogP contribution in [0.1, 0.15) is 31.2 Å². The number of hydrogen-bond acceptors (Lipinski definition) is 8. The van der Waals surface area contributed by atoms with E-state index in [9.17, 15) is 19.2 Å². The molecule has 0 amide bonds. The maximum Gasteiger partial charge on any atom is 0.237 e. The molecule has 0 aromatic heterocycles. The van der Waals surface area contributed by atoms with Gasteiger partial charge in [-0.1, -0.05) is 43.2 Å². The minimum Gasteiger partial charge on any atom is -0.211 e. The quantitative estimate of drug-likeness (QED) is 0.348. The molecule has 128 valence electrons. The van der Waals surface area contributed by atoms with Gasteiger partial charge in [-0.2, -0.15) is 15.0 Å². The first-order valence-corrected chi connectivity index (χ1v) is 7.59. The molecule has 0 fully saturated rings. The largest absolute Gasteiger partial charge is 0.237 e. The molecule has 0 bridgehead atoms.